The first kappa shape index (κ1) is 12.4. The number of likely N-dealkylation sites (tertiary alicyclic amines) is 1. The Labute approximate surface area is 101 Å². The van der Waals surface area contributed by atoms with Crippen molar-refractivity contribution in [2.45, 2.75) is 64.0 Å². The van der Waals surface area contributed by atoms with Crippen LogP contribution in [0.2, 0.25) is 0 Å². The molecule has 1 heterocycles. The molecule has 2 nitrogen and oxygen atoms in total. The quantitative estimate of drug-likeness (QED) is 0.790. The van der Waals surface area contributed by atoms with Crippen molar-refractivity contribution >= 4 is 0 Å². The summed E-state index contributed by atoms with van der Waals surface area (Å²) in [5.74, 6) is 0.945. The topological polar surface area (TPSA) is 15.3 Å². The van der Waals surface area contributed by atoms with E-state index in [1.54, 1.807) is 0 Å². The summed E-state index contributed by atoms with van der Waals surface area (Å²) in [6, 6.07) is 1.62. The van der Waals surface area contributed by atoms with Crippen molar-refractivity contribution < 1.29 is 0 Å². The second-order valence-electron chi connectivity index (χ2n) is 5.74. The van der Waals surface area contributed by atoms with Crippen LogP contribution in [0.1, 0.15) is 51.9 Å². The van der Waals surface area contributed by atoms with Gasteiger partial charge in [0.05, 0.1) is 0 Å². The maximum Gasteiger partial charge on any atom is 0.0218 e. The molecule has 1 saturated heterocycles. The molecule has 2 heteroatoms. The second-order valence-corrected chi connectivity index (χ2v) is 5.74. The van der Waals surface area contributed by atoms with E-state index < -0.39 is 0 Å². The molecule has 0 amide bonds. The smallest absolute Gasteiger partial charge is 0.0218 e. The molecule has 0 aromatic carbocycles. The van der Waals surface area contributed by atoms with Gasteiger partial charge in [-0.2, -0.15) is 0 Å². The summed E-state index contributed by atoms with van der Waals surface area (Å²) in [4.78, 5) is 2.52. The van der Waals surface area contributed by atoms with Gasteiger partial charge in [0.25, 0.3) is 0 Å². The van der Waals surface area contributed by atoms with Gasteiger partial charge in [-0.05, 0) is 45.2 Å². The zero-order chi connectivity index (χ0) is 11.4. The lowest BCUT2D eigenvalue weighted by Gasteiger charge is -2.33. The first-order valence-electron chi connectivity index (χ1n) is 7.25. The van der Waals surface area contributed by atoms with Gasteiger partial charge in [-0.25, -0.2) is 0 Å². The van der Waals surface area contributed by atoms with Gasteiger partial charge in [0, 0.05) is 18.6 Å². The molecule has 0 bridgehead atoms. The molecule has 0 radical (unpaired) electrons. The van der Waals surface area contributed by atoms with Crippen LogP contribution in [-0.2, 0) is 0 Å². The molecular weight excluding hydrogens is 196 g/mol. The predicted octanol–water partition coefficient (Wildman–Crippen LogP) is 2.64. The number of nitrogens with zero attached hydrogens (tertiary/aromatic N) is 1. The van der Waals surface area contributed by atoms with E-state index in [2.05, 4.69) is 24.2 Å². The summed E-state index contributed by atoms with van der Waals surface area (Å²) < 4.78 is 0. The lowest BCUT2D eigenvalue weighted by Crippen LogP contribution is -2.44. The maximum atomic E-state index is 3.85. The fourth-order valence-corrected chi connectivity index (χ4v) is 3.49. The minimum absolute atomic E-state index is 0.805. The molecule has 0 spiro atoms. The molecule has 3 atom stereocenters. The Hall–Kier alpha value is -0.0800. The van der Waals surface area contributed by atoms with Crippen LogP contribution >= 0.6 is 0 Å². The highest BCUT2D eigenvalue weighted by molar-refractivity contribution is 4.84. The van der Waals surface area contributed by atoms with Gasteiger partial charge in [-0.1, -0.05) is 26.2 Å². The average molecular weight is 224 g/mol. The van der Waals surface area contributed by atoms with Crippen molar-refractivity contribution in [3.8, 4) is 0 Å². The summed E-state index contributed by atoms with van der Waals surface area (Å²) in [5, 5.41) is 3.85. The van der Waals surface area contributed by atoms with Gasteiger partial charge in [0.15, 0.2) is 0 Å². The summed E-state index contributed by atoms with van der Waals surface area (Å²) in [7, 11) is 2.28. The molecule has 1 aliphatic heterocycles. The van der Waals surface area contributed by atoms with Gasteiger partial charge < -0.3 is 10.2 Å². The summed E-state index contributed by atoms with van der Waals surface area (Å²) in [5.41, 5.74) is 0. The van der Waals surface area contributed by atoms with E-state index >= 15 is 0 Å². The molecule has 1 aliphatic carbocycles. The summed E-state index contributed by atoms with van der Waals surface area (Å²) in [6.45, 7) is 4.87. The Balaban J connectivity index is 1.75. The fourth-order valence-electron chi connectivity index (χ4n) is 3.49. The molecule has 0 aromatic rings. The molecule has 3 unspecified atom stereocenters. The first-order chi connectivity index (χ1) is 7.81. The van der Waals surface area contributed by atoms with Crippen molar-refractivity contribution in [3.63, 3.8) is 0 Å². The van der Waals surface area contributed by atoms with Gasteiger partial charge in [-0.15, -0.1) is 0 Å². The van der Waals surface area contributed by atoms with Crippen LogP contribution in [0.15, 0.2) is 0 Å². The molecule has 1 saturated carbocycles. The van der Waals surface area contributed by atoms with Gasteiger partial charge in [-0.3, -0.25) is 0 Å². The van der Waals surface area contributed by atoms with E-state index in [0.717, 1.165) is 18.0 Å². The lowest BCUT2D eigenvalue weighted by atomic mass is 9.83. The molecule has 0 aromatic heterocycles. The standard InChI is InChI=1S/C14H28N2/c1-3-12-7-4-5-9-14(12)15-11-13-8-6-10-16(13)2/h12-15H,3-11H2,1-2H3. The van der Waals surface area contributed by atoms with Crippen LogP contribution < -0.4 is 5.32 Å². The Bertz CT molecular complexity index is 205. The van der Waals surface area contributed by atoms with Crippen LogP contribution in [0, 0.1) is 5.92 Å². The monoisotopic (exact) mass is 224 g/mol. The molecule has 2 fully saturated rings. The highest BCUT2D eigenvalue weighted by atomic mass is 15.2. The number of hydrogen-bond donors (Lipinski definition) is 1. The van der Waals surface area contributed by atoms with E-state index in [-0.39, 0.29) is 0 Å². The predicted molar refractivity (Wildman–Crippen MR) is 69.7 cm³/mol. The Morgan fingerprint density at radius 1 is 1.12 bits per heavy atom. The van der Waals surface area contributed by atoms with E-state index in [4.69, 9.17) is 0 Å². The van der Waals surface area contributed by atoms with Gasteiger partial charge >= 0.3 is 0 Å². The second kappa shape index (κ2) is 6.02. The van der Waals surface area contributed by atoms with Crippen molar-refractivity contribution in [2.75, 3.05) is 20.1 Å². The van der Waals surface area contributed by atoms with Crippen molar-refractivity contribution in [1.82, 2.24) is 10.2 Å². The third-order valence-corrected chi connectivity index (χ3v) is 4.72. The average Bonchev–Trinajstić information content (AvgIpc) is 2.72. The molecular formula is C14H28N2. The minimum atomic E-state index is 0.805. The number of hydrogen-bond acceptors (Lipinski definition) is 2. The Morgan fingerprint density at radius 2 is 1.94 bits per heavy atom. The lowest BCUT2D eigenvalue weighted by molar-refractivity contribution is 0.227. The van der Waals surface area contributed by atoms with E-state index in [9.17, 15) is 0 Å². The fraction of sp³-hybridized carbons (Fsp3) is 1.00. The first-order valence-corrected chi connectivity index (χ1v) is 7.25. The molecule has 2 aliphatic rings. The van der Waals surface area contributed by atoms with E-state index in [1.165, 1.54) is 58.0 Å². The van der Waals surface area contributed by atoms with Crippen molar-refractivity contribution in [3.05, 3.63) is 0 Å². The third kappa shape index (κ3) is 2.98. The Kier molecular flexibility index (Phi) is 4.66. The normalized spacial score (nSPS) is 36.8. The van der Waals surface area contributed by atoms with Crippen molar-refractivity contribution in [1.29, 1.82) is 0 Å². The van der Waals surface area contributed by atoms with Crippen LogP contribution in [-0.4, -0.2) is 37.1 Å². The molecule has 2 rings (SSSR count). The third-order valence-electron chi connectivity index (χ3n) is 4.72. The van der Waals surface area contributed by atoms with Crippen molar-refractivity contribution in [2.24, 2.45) is 5.92 Å². The largest absolute Gasteiger partial charge is 0.312 e. The number of rotatable bonds is 4. The summed E-state index contributed by atoms with van der Waals surface area (Å²) >= 11 is 0. The van der Waals surface area contributed by atoms with Gasteiger partial charge in [0.1, 0.15) is 0 Å². The highest BCUT2D eigenvalue weighted by Crippen LogP contribution is 2.27. The summed E-state index contributed by atoms with van der Waals surface area (Å²) in [6.07, 6.45) is 9.91. The zero-order valence-corrected chi connectivity index (χ0v) is 11.0. The minimum Gasteiger partial charge on any atom is -0.312 e. The van der Waals surface area contributed by atoms with Crippen LogP contribution in [0.4, 0.5) is 0 Å². The maximum absolute atomic E-state index is 3.85. The number of nitrogens with one attached hydrogen (secondary N) is 1. The number of likely N-dealkylation sites (N-methyl/N-ethyl adjacent to an activating group) is 1. The van der Waals surface area contributed by atoms with E-state index in [0.29, 0.717) is 0 Å². The molecule has 16 heavy (non-hydrogen) atoms. The Morgan fingerprint density at radius 3 is 2.62 bits per heavy atom. The van der Waals surface area contributed by atoms with Crippen LogP contribution in [0.5, 0.6) is 0 Å². The zero-order valence-electron chi connectivity index (χ0n) is 11.0. The molecule has 94 valence electrons. The van der Waals surface area contributed by atoms with Gasteiger partial charge in [0.2, 0.25) is 0 Å². The SMILES string of the molecule is CCC1CCCCC1NCC1CCCN1C. The van der Waals surface area contributed by atoms with Crippen LogP contribution in [0.25, 0.3) is 0 Å². The molecule has 1 N–H and O–H groups in total. The highest BCUT2D eigenvalue weighted by Gasteiger charge is 2.26. The van der Waals surface area contributed by atoms with E-state index in [1.807, 2.05) is 0 Å². The van der Waals surface area contributed by atoms with Crippen LogP contribution in [0.3, 0.4) is 0 Å².